The minimum Gasteiger partial charge on any atom is -0.340 e. The van der Waals surface area contributed by atoms with E-state index in [1.54, 1.807) is 35.8 Å². The fourth-order valence-electron chi connectivity index (χ4n) is 3.23. The molecule has 0 aromatic heterocycles. The molecule has 5 heteroatoms. The highest BCUT2D eigenvalue weighted by Crippen LogP contribution is 2.16. The lowest BCUT2D eigenvalue weighted by molar-refractivity contribution is -0.132. The molecule has 4 nitrogen and oxygen atoms in total. The zero-order valence-corrected chi connectivity index (χ0v) is 18.1. The predicted octanol–water partition coefficient (Wildman–Crippen LogP) is 4.41. The normalized spacial score (nSPS) is 11.5. The van der Waals surface area contributed by atoms with E-state index in [0.717, 1.165) is 11.1 Å². The van der Waals surface area contributed by atoms with Crippen LogP contribution in [0.4, 0.5) is 0 Å². The van der Waals surface area contributed by atoms with Crippen LogP contribution in [0.5, 0.6) is 0 Å². The first kappa shape index (κ1) is 21.7. The molecular formula is C25H26N2O2S. The van der Waals surface area contributed by atoms with Crippen molar-refractivity contribution in [3.63, 3.8) is 0 Å². The number of carbonyl (C=O) groups is 2. The van der Waals surface area contributed by atoms with Crippen LogP contribution in [0.2, 0.25) is 0 Å². The molecule has 3 aromatic carbocycles. The Labute approximate surface area is 182 Å². The van der Waals surface area contributed by atoms with Crippen LogP contribution >= 0.6 is 11.8 Å². The molecule has 154 valence electrons. The summed E-state index contributed by atoms with van der Waals surface area (Å²) in [7, 11) is 1.78. The maximum atomic E-state index is 13.2. The molecule has 0 radical (unpaired) electrons. The van der Waals surface area contributed by atoms with Crippen molar-refractivity contribution in [2.45, 2.75) is 23.9 Å². The zero-order valence-electron chi connectivity index (χ0n) is 17.2. The number of rotatable bonds is 8. The Morgan fingerprint density at radius 3 is 2.07 bits per heavy atom. The molecule has 0 heterocycles. The van der Waals surface area contributed by atoms with Crippen molar-refractivity contribution in [2.75, 3.05) is 13.3 Å². The topological polar surface area (TPSA) is 49.4 Å². The van der Waals surface area contributed by atoms with Gasteiger partial charge in [-0.25, -0.2) is 0 Å². The summed E-state index contributed by atoms with van der Waals surface area (Å²) in [6.07, 6.45) is 2.47. The molecule has 0 saturated heterocycles. The van der Waals surface area contributed by atoms with Crippen LogP contribution in [0.3, 0.4) is 0 Å². The Kier molecular flexibility index (Phi) is 7.69. The van der Waals surface area contributed by atoms with Crippen LogP contribution in [-0.4, -0.2) is 36.1 Å². The number of nitrogens with one attached hydrogen (secondary N) is 1. The Hall–Kier alpha value is -3.05. The summed E-state index contributed by atoms with van der Waals surface area (Å²) in [4.78, 5) is 28.8. The van der Waals surface area contributed by atoms with Gasteiger partial charge in [0.2, 0.25) is 5.91 Å². The van der Waals surface area contributed by atoms with E-state index >= 15 is 0 Å². The Balaban J connectivity index is 1.75. The number of amides is 2. The maximum absolute atomic E-state index is 13.2. The third-order valence-electron chi connectivity index (χ3n) is 4.88. The average molecular weight is 419 g/mol. The molecule has 1 N–H and O–H groups in total. The highest BCUT2D eigenvalue weighted by molar-refractivity contribution is 7.98. The van der Waals surface area contributed by atoms with Gasteiger partial charge in [-0.1, -0.05) is 60.7 Å². The first-order valence-electron chi connectivity index (χ1n) is 9.84. The standard InChI is InChI=1S/C25H26N2O2S/c1-27(18-20-13-15-22(30-2)16-14-20)25(29)23(17-19-9-5-3-6-10-19)26-24(28)21-11-7-4-8-12-21/h3-16,23H,17-18H2,1-2H3,(H,26,28)/t23-/m1/s1. The number of benzene rings is 3. The molecule has 0 aliphatic carbocycles. The van der Waals surface area contributed by atoms with Gasteiger partial charge in [0.1, 0.15) is 6.04 Å². The summed E-state index contributed by atoms with van der Waals surface area (Å²) in [5.74, 6) is -0.361. The van der Waals surface area contributed by atoms with Crippen molar-refractivity contribution in [1.29, 1.82) is 0 Å². The Morgan fingerprint density at radius 1 is 0.867 bits per heavy atom. The van der Waals surface area contributed by atoms with Gasteiger partial charge in [-0.3, -0.25) is 9.59 Å². The molecule has 1 atom stereocenters. The van der Waals surface area contributed by atoms with Crippen molar-refractivity contribution in [2.24, 2.45) is 0 Å². The lowest BCUT2D eigenvalue weighted by Gasteiger charge is -2.25. The van der Waals surface area contributed by atoms with E-state index in [1.807, 2.05) is 66.9 Å². The van der Waals surface area contributed by atoms with E-state index in [2.05, 4.69) is 17.4 Å². The maximum Gasteiger partial charge on any atom is 0.251 e. The quantitative estimate of drug-likeness (QED) is 0.552. The van der Waals surface area contributed by atoms with E-state index in [0.29, 0.717) is 18.5 Å². The van der Waals surface area contributed by atoms with Crippen LogP contribution in [0.15, 0.2) is 89.8 Å². The van der Waals surface area contributed by atoms with Gasteiger partial charge in [-0.15, -0.1) is 11.8 Å². The van der Waals surface area contributed by atoms with E-state index in [4.69, 9.17) is 0 Å². The van der Waals surface area contributed by atoms with Crippen molar-refractivity contribution in [3.05, 3.63) is 102 Å². The van der Waals surface area contributed by atoms with Crippen LogP contribution in [-0.2, 0) is 17.8 Å². The van der Waals surface area contributed by atoms with Gasteiger partial charge in [0, 0.05) is 30.5 Å². The van der Waals surface area contributed by atoms with Crippen molar-refractivity contribution in [1.82, 2.24) is 10.2 Å². The molecule has 3 aromatic rings. The third kappa shape index (κ3) is 5.97. The molecule has 3 rings (SSSR count). The summed E-state index contributed by atoms with van der Waals surface area (Å²) in [5, 5.41) is 2.93. The molecular weight excluding hydrogens is 392 g/mol. The van der Waals surface area contributed by atoms with Gasteiger partial charge in [-0.05, 0) is 41.6 Å². The highest BCUT2D eigenvalue weighted by atomic mass is 32.2. The summed E-state index contributed by atoms with van der Waals surface area (Å²) in [6, 6.07) is 26.3. The number of hydrogen-bond acceptors (Lipinski definition) is 3. The summed E-state index contributed by atoms with van der Waals surface area (Å²) < 4.78 is 0. The Bertz CT molecular complexity index is 959. The number of hydrogen-bond donors (Lipinski definition) is 1. The zero-order chi connectivity index (χ0) is 21.3. The van der Waals surface area contributed by atoms with E-state index < -0.39 is 6.04 Å². The van der Waals surface area contributed by atoms with E-state index in [9.17, 15) is 9.59 Å². The van der Waals surface area contributed by atoms with E-state index in [1.165, 1.54) is 4.90 Å². The molecule has 0 spiro atoms. The Morgan fingerprint density at radius 2 is 1.47 bits per heavy atom. The lowest BCUT2D eigenvalue weighted by Crippen LogP contribution is -2.48. The predicted molar refractivity (Wildman–Crippen MR) is 123 cm³/mol. The second-order valence-electron chi connectivity index (χ2n) is 7.12. The molecule has 30 heavy (non-hydrogen) atoms. The van der Waals surface area contributed by atoms with Crippen molar-refractivity contribution in [3.8, 4) is 0 Å². The number of carbonyl (C=O) groups excluding carboxylic acids is 2. The lowest BCUT2D eigenvalue weighted by atomic mass is 10.0. The largest absolute Gasteiger partial charge is 0.340 e. The van der Waals surface area contributed by atoms with Gasteiger partial charge in [-0.2, -0.15) is 0 Å². The van der Waals surface area contributed by atoms with Crippen LogP contribution in [0.25, 0.3) is 0 Å². The minimum atomic E-state index is -0.643. The highest BCUT2D eigenvalue weighted by Gasteiger charge is 2.25. The van der Waals surface area contributed by atoms with Crippen LogP contribution < -0.4 is 5.32 Å². The van der Waals surface area contributed by atoms with Gasteiger partial charge >= 0.3 is 0 Å². The monoisotopic (exact) mass is 418 g/mol. The van der Waals surface area contributed by atoms with Crippen LogP contribution in [0.1, 0.15) is 21.5 Å². The first-order valence-corrected chi connectivity index (χ1v) is 11.1. The molecule has 0 bridgehead atoms. The van der Waals surface area contributed by atoms with Gasteiger partial charge in [0.25, 0.3) is 5.91 Å². The minimum absolute atomic E-state index is 0.114. The molecule has 0 unspecified atom stereocenters. The second kappa shape index (κ2) is 10.6. The SMILES string of the molecule is CSc1ccc(CN(C)C(=O)[C@@H](Cc2ccccc2)NC(=O)c2ccccc2)cc1. The van der Waals surface area contributed by atoms with E-state index in [-0.39, 0.29) is 11.8 Å². The van der Waals surface area contributed by atoms with Crippen LogP contribution in [0, 0.1) is 0 Å². The van der Waals surface area contributed by atoms with Gasteiger partial charge < -0.3 is 10.2 Å². The number of thioether (sulfide) groups is 1. The third-order valence-corrected chi connectivity index (χ3v) is 5.62. The van der Waals surface area contributed by atoms with Gasteiger partial charge in [0.05, 0.1) is 0 Å². The van der Waals surface area contributed by atoms with Crippen molar-refractivity contribution >= 4 is 23.6 Å². The number of likely N-dealkylation sites (N-methyl/N-ethyl adjacent to an activating group) is 1. The molecule has 2 amide bonds. The summed E-state index contributed by atoms with van der Waals surface area (Å²) in [6.45, 7) is 0.486. The number of nitrogens with zero attached hydrogens (tertiary/aromatic N) is 1. The molecule has 0 aliphatic heterocycles. The fraction of sp³-hybridized carbons (Fsp3) is 0.200. The fourth-order valence-corrected chi connectivity index (χ4v) is 3.64. The molecule has 0 fully saturated rings. The van der Waals surface area contributed by atoms with Gasteiger partial charge in [0.15, 0.2) is 0 Å². The summed E-state index contributed by atoms with van der Waals surface area (Å²) in [5.41, 5.74) is 2.59. The average Bonchev–Trinajstić information content (AvgIpc) is 2.79. The first-order chi connectivity index (χ1) is 14.6. The van der Waals surface area contributed by atoms with Crippen molar-refractivity contribution < 1.29 is 9.59 Å². The molecule has 0 aliphatic rings. The second-order valence-corrected chi connectivity index (χ2v) is 8.00. The smallest absolute Gasteiger partial charge is 0.251 e. The summed E-state index contributed by atoms with van der Waals surface area (Å²) >= 11 is 1.69. The molecule has 0 saturated carbocycles.